The van der Waals surface area contributed by atoms with E-state index in [1.54, 1.807) is 12.0 Å². The Kier molecular flexibility index (Phi) is 6.65. The lowest BCUT2D eigenvalue weighted by Crippen LogP contribution is -2.46. The minimum Gasteiger partial charge on any atom is -0.497 e. The Morgan fingerprint density at radius 2 is 1.91 bits per heavy atom. The van der Waals surface area contributed by atoms with Gasteiger partial charge in [0.25, 0.3) is 0 Å². The zero-order valence-electron chi connectivity index (χ0n) is 19.1. The minimum atomic E-state index is -0.379. The van der Waals surface area contributed by atoms with Crippen LogP contribution in [0.25, 0.3) is 0 Å². The molecule has 2 aliphatic heterocycles. The Morgan fingerprint density at radius 3 is 2.59 bits per heavy atom. The van der Waals surface area contributed by atoms with E-state index < -0.39 is 0 Å². The molecule has 7 nitrogen and oxygen atoms in total. The average Bonchev–Trinajstić information content (AvgIpc) is 3.21. The van der Waals surface area contributed by atoms with Gasteiger partial charge >= 0.3 is 0 Å². The van der Waals surface area contributed by atoms with E-state index in [1.165, 1.54) is 5.69 Å². The summed E-state index contributed by atoms with van der Waals surface area (Å²) in [5.41, 5.74) is 3.90. The molecule has 2 aromatic carbocycles. The number of rotatable bonds is 6. The lowest BCUT2D eigenvalue weighted by atomic mass is 10.1. The molecule has 32 heavy (non-hydrogen) atoms. The first-order valence-corrected chi connectivity index (χ1v) is 11.3. The quantitative estimate of drug-likeness (QED) is 0.754. The van der Waals surface area contributed by atoms with Gasteiger partial charge in [0.2, 0.25) is 11.8 Å². The zero-order chi connectivity index (χ0) is 22.7. The number of benzene rings is 2. The number of likely N-dealkylation sites (N-methyl/N-ethyl adjacent to an activating group) is 1. The standard InChI is InChI=1S/C25H32N4O3/c1-4-27-10-12-28(13-11-27)23-9-8-20(14-18(23)2)26-25(31)19-15-24(30)29(17-19)21-6-5-7-22(16-21)32-3/h5-9,14,16,19H,4,10-13,15,17H2,1-3H3,(H,26,31)/t19-/m0/s1. The molecule has 0 saturated carbocycles. The largest absolute Gasteiger partial charge is 0.497 e. The molecular formula is C25H32N4O3. The predicted octanol–water partition coefficient (Wildman–Crippen LogP) is 3.14. The van der Waals surface area contributed by atoms with Crippen LogP contribution >= 0.6 is 0 Å². The summed E-state index contributed by atoms with van der Waals surface area (Å²) in [6.45, 7) is 9.94. The van der Waals surface area contributed by atoms with Crippen molar-refractivity contribution in [3.63, 3.8) is 0 Å². The topological polar surface area (TPSA) is 65.1 Å². The van der Waals surface area contributed by atoms with Crippen molar-refractivity contribution < 1.29 is 14.3 Å². The Bertz CT molecular complexity index is 985. The lowest BCUT2D eigenvalue weighted by Gasteiger charge is -2.36. The van der Waals surface area contributed by atoms with Crippen molar-refractivity contribution in [1.82, 2.24) is 4.90 Å². The van der Waals surface area contributed by atoms with E-state index in [2.05, 4.69) is 35.0 Å². The fourth-order valence-electron chi connectivity index (χ4n) is 4.55. The normalized spacial score (nSPS) is 19.3. The Morgan fingerprint density at radius 1 is 1.12 bits per heavy atom. The molecule has 2 amide bonds. The summed E-state index contributed by atoms with van der Waals surface area (Å²) < 4.78 is 5.26. The van der Waals surface area contributed by atoms with E-state index in [-0.39, 0.29) is 24.2 Å². The summed E-state index contributed by atoms with van der Waals surface area (Å²) in [7, 11) is 1.60. The van der Waals surface area contributed by atoms with Gasteiger partial charge in [-0.15, -0.1) is 0 Å². The number of nitrogens with one attached hydrogen (secondary N) is 1. The van der Waals surface area contributed by atoms with Crippen molar-refractivity contribution in [3.8, 4) is 5.75 Å². The molecule has 2 fully saturated rings. The van der Waals surface area contributed by atoms with Gasteiger partial charge in [0, 0.05) is 62.3 Å². The van der Waals surface area contributed by atoms with Gasteiger partial charge in [-0.3, -0.25) is 9.59 Å². The summed E-state index contributed by atoms with van der Waals surface area (Å²) in [4.78, 5) is 32.0. The van der Waals surface area contributed by atoms with Crippen LogP contribution < -0.4 is 19.9 Å². The van der Waals surface area contributed by atoms with Gasteiger partial charge in [-0.05, 0) is 49.4 Å². The number of methoxy groups -OCH3 is 1. The minimum absolute atomic E-state index is 0.0452. The van der Waals surface area contributed by atoms with Gasteiger partial charge in [0.05, 0.1) is 13.0 Å². The first kappa shape index (κ1) is 22.1. The SMILES string of the molecule is CCN1CCN(c2ccc(NC(=O)[C@H]3CC(=O)N(c4cccc(OC)c4)C3)cc2C)CC1. The van der Waals surface area contributed by atoms with E-state index in [4.69, 9.17) is 4.74 Å². The molecule has 2 heterocycles. The van der Waals surface area contributed by atoms with Crippen molar-refractivity contribution in [3.05, 3.63) is 48.0 Å². The van der Waals surface area contributed by atoms with Gasteiger partial charge < -0.3 is 24.8 Å². The smallest absolute Gasteiger partial charge is 0.229 e. The Balaban J connectivity index is 1.38. The number of nitrogens with zero attached hydrogens (tertiary/aromatic N) is 3. The Labute approximate surface area is 189 Å². The second kappa shape index (κ2) is 9.61. The number of hydrogen-bond acceptors (Lipinski definition) is 5. The summed E-state index contributed by atoms with van der Waals surface area (Å²) in [6, 6.07) is 13.4. The van der Waals surface area contributed by atoms with Gasteiger partial charge in [0.1, 0.15) is 5.75 Å². The number of piperazine rings is 1. The number of carbonyl (C=O) groups is 2. The van der Waals surface area contributed by atoms with Crippen molar-refractivity contribution >= 4 is 28.9 Å². The molecule has 4 rings (SSSR count). The van der Waals surface area contributed by atoms with Crippen LogP contribution in [0.15, 0.2) is 42.5 Å². The highest BCUT2D eigenvalue weighted by atomic mass is 16.5. The van der Waals surface area contributed by atoms with Crippen molar-refractivity contribution in [2.75, 3.05) is 61.5 Å². The molecule has 0 aromatic heterocycles. The third kappa shape index (κ3) is 4.72. The highest BCUT2D eigenvalue weighted by molar-refractivity contribution is 6.03. The zero-order valence-corrected chi connectivity index (χ0v) is 19.1. The number of amides is 2. The van der Waals surface area contributed by atoms with E-state index in [1.807, 2.05) is 36.4 Å². The molecule has 0 unspecified atom stereocenters. The van der Waals surface area contributed by atoms with E-state index >= 15 is 0 Å². The van der Waals surface area contributed by atoms with Crippen LogP contribution in [0.2, 0.25) is 0 Å². The first-order valence-electron chi connectivity index (χ1n) is 11.3. The van der Waals surface area contributed by atoms with Gasteiger partial charge in [-0.1, -0.05) is 13.0 Å². The molecule has 170 valence electrons. The molecule has 0 aliphatic carbocycles. The molecule has 0 spiro atoms. The maximum absolute atomic E-state index is 12.9. The van der Waals surface area contributed by atoms with Crippen molar-refractivity contribution in [1.29, 1.82) is 0 Å². The second-order valence-electron chi connectivity index (χ2n) is 8.52. The molecule has 1 atom stereocenters. The molecule has 0 radical (unpaired) electrons. The maximum atomic E-state index is 12.9. The third-order valence-corrected chi connectivity index (χ3v) is 6.49. The van der Waals surface area contributed by atoms with Crippen LogP contribution in [0.1, 0.15) is 18.9 Å². The van der Waals surface area contributed by atoms with Gasteiger partial charge in [-0.25, -0.2) is 0 Å². The average molecular weight is 437 g/mol. The maximum Gasteiger partial charge on any atom is 0.229 e. The molecule has 2 aliphatic rings. The highest BCUT2D eigenvalue weighted by Crippen LogP contribution is 2.29. The third-order valence-electron chi connectivity index (χ3n) is 6.49. The fraction of sp³-hybridized carbons (Fsp3) is 0.440. The molecule has 0 bridgehead atoms. The van der Waals surface area contributed by atoms with Gasteiger partial charge in [-0.2, -0.15) is 0 Å². The highest BCUT2D eigenvalue weighted by Gasteiger charge is 2.35. The Hall–Kier alpha value is -3.06. The number of aryl methyl sites for hydroxylation is 1. The number of hydrogen-bond donors (Lipinski definition) is 1. The second-order valence-corrected chi connectivity index (χ2v) is 8.52. The van der Waals surface area contributed by atoms with E-state index in [0.29, 0.717) is 12.3 Å². The molecule has 1 N–H and O–H groups in total. The molecule has 2 saturated heterocycles. The number of carbonyl (C=O) groups excluding carboxylic acids is 2. The summed E-state index contributed by atoms with van der Waals surface area (Å²) in [6.07, 6.45) is 0.210. The van der Waals surface area contributed by atoms with Crippen LogP contribution in [-0.2, 0) is 9.59 Å². The molecular weight excluding hydrogens is 404 g/mol. The monoisotopic (exact) mass is 436 g/mol. The molecule has 2 aromatic rings. The van der Waals surface area contributed by atoms with Crippen molar-refractivity contribution in [2.24, 2.45) is 5.92 Å². The van der Waals surface area contributed by atoms with Crippen LogP contribution in [0.4, 0.5) is 17.1 Å². The lowest BCUT2D eigenvalue weighted by molar-refractivity contribution is -0.122. The van der Waals surface area contributed by atoms with Crippen LogP contribution in [0.3, 0.4) is 0 Å². The first-order chi connectivity index (χ1) is 15.5. The van der Waals surface area contributed by atoms with E-state index in [9.17, 15) is 9.59 Å². The predicted molar refractivity (Wildman–Crippen MR) is 128 cm³/mol. The summed E-state index contributed by atoms with van der Waals surface area (Å²) >= 11 is 0. The van der Waals surface area contributed by atoms with Crippen LogP contribution in [0, 0.1) is 12.8 Å². The van der Waals surface area contributed by atoms with Crippen LogP contribution in [-0.4, -0.2) is 63.1 Å². The summed E-state index contributed by atoms with van der Waals surface area (Å²) in [5, 5.41) is 3.02. The van der Waals surface area contributed by atoms with Crippen molar-refractivity contribution in [2.45, 2.75) is 20.3 Å². The fourth-order valence-corrected chi connectivity index (χ4v) is 4.55. The van der Waals surface area contributed by atoms with Gasteiger partial charge in [0.15, 0.2) is 0 Å². The molecule has 7 heteroatoms. The summed E-state index contributed by atoms with van der Waals surface area (Å²) in [5.74, 6) is 0.147. The van der Waals surface area contributed by atoms with Crippen LogP contribution in [0.5, 0.6) is 5.75 Å². The number of ether oxygens (including phenoxy) is 1. The van der Waals surface area contributed by atoms with E-state index in [0.717, 1.165) is 49.7 Å². The number of anilines is 3.